The van der Waals surface area contributed by atoms with Crippen LogP contribution in [0.3, 0.4) is 0 Å². The van der Waals surface area contributed by atoms with E-state index in [1.165, 1.54) is 0 Å². The Labute approximate surface area is 168 Å². The quantitative estimate of drug-likeness (QED) is 0.578. The zero-order valence-electron chi connectivity index (χ0n) is 14.3. The van der Waals surface area contributed by atoms with E-state index in [1.807, 2.05) is 0 Å². The lowest BCUT2D eigenvalue weighted by molar-refractivity contribution is 0.273. The topological polar surface area (TPSA) is 42.4 Å². The molecule has 0 aliphatic heterocycles. The molecule has 144 valence electrons. The zero-order valence-corrected chi connectivity index (χ0v) is 15.9. The van der Waals surface area contributed by atoms with Gasteiger partial charge in [-0.3, -0.25) is 0 Å². The minimum atomic E-state index is -0.944. The summed E-state index contributed by atoms with van der Waals surface area (Å²) in [5.41, 5.74) is 1.65. The lowest BCUT2D eigenvalue weighted by Gasteiger charge is -2.10. The van der Waals surface area contributed by atoms with Gasteiger partial charge in [0, 0.05) is 21.7 Å². The van der Waals surface area contributed by atoms with Gasteiger partial charge in [-0.1, -0.05) is 35.6 Å². The van der Waals surface area contributed by atoms with Crippen molar-refractivity contribution < 1.29 is 23.0 Å². The summed E-state index contributed by atoms with van der Waals surface area (Å²) in [6.07, 6.45) is 0. The molecular formula is C20H13ClF3NO2S. The third-order valence-corrected chi connectivity index (χ3v) is 4.88. The van der Waals surface area contributed by atoms with Gasteiger partial charge in [0.15, 0.2) is 17.4 Å². The molecule has 1 aromatic heterocycles. The molecule has 3 nitrogen and oxygen atoms in total. The summed E-state index contributed by atoms with van der Waals surface area (Å²) < 4.78 is 51.4. The van der Waals surface area contributed by atoms with Gasteiger partial charge in [0.25, 0.3) is 0 Å². The highest BCUT2D eigenvalue weighted by Crippen LogP contribution is 2.32. The van der Waals surface area contributed by atoms with Crippen LogP contribution in [0.25, 0.3) is 11.3 Å². The second-order valence-electron chi connectivity index (χ2n) is 5.59. The SMILES string of the molecule is OCC#Cc1cc(F)c(OCc2c(-c3ccc(Cl)cc3)nsc2CF)c(F)c1. The maximum Gasteiger partial charge on any atom is 0.191 e. The van der Waals surface area contributed by atoms with Crippen LogP contribution in [-0.2, 0) is 13.3 Å². The van der Waals surface area contributed by atoms with E-state index in [4.69, 9.17) is 21.4 Å². The largest absolute Gasteiger partial charge is 0.483 e. The molecule has 8 heteroatoms. The van der Waals surface area contributed by atoms with E-state index in [-0.39, 0.29) is 12.2 Å². The minimum Gasteiger partial charge on any atom is -0.483 e. The smallest absolute Gasteiger partial charge is 0.191 e. The molecule has 0 amide bonds. The number of hydrogen-bond acceptors (Lipinski definition) is 4. The minimum absolute atomic E-state index is 0.0694. The number of halogens is 4. The van der Waals surface area contributed by atoms with Crippen LogP contribution in [0.4, 0.5) is 13.2 Å². The molecule has 3 aromatic rings. The molecule has 0 radical (unpaired) electrons. The summed E-state index contributed by atoms with van der Waals surface area (Å²) >= 11 is 6.85. The number of benzene rings is 2. The lowest BCUT2D eigenvalue weighted by atomic mass is 10.1. The standard InChI is InChI=1S/C20H13ClF3NO2S/c21-14-5-3-13(4-6-14)19-15(18(10-22)28-25-19)11-27-20-16(23)8-12(2-1-7-26)9-17(20)24/h3-6,8-9,26H,7,10-11H2. The average molecular weight is 424 g/mol. The summed E-state index contributed by atoms with van der Waals surface area (Å²) in [5.74, 6) is 2.25. The summed E-state index contributed by atoms with van der Waals surface area (Å²) in [6, 6.07) is 8.78. The van der Waals surface area contributed by atoms with Gasteiger partial charge in [0.1, 0.15) is 19.9 Å². The number of nitrogens with zero attached hydrogens (tertiary/aromatic N) is 1. The molecule has 0 fully saturated rings. The second kappa shape index (κ2) is 9.11. The molecule has 0 aliphatic rings. The van der Waals surface area contributed by atoms with E-state index in [2.05, 4.69) is 16.2 Å². The highest BCUT2D eigenvalue weighted by Gasteiger charge is 2.19. The number of aliphatic hydroxyl groups is 1. The van der Waals surface area contributed by atoms with Crippen LogP contribution in [0.1, 0.15) is 16.0 Å². The van der Waals surface area contributed by atoms with Gasteiger partial charge in [-0.15, -0.1) is 0 Å². The average Bonchev–Trinajstić information content (AvgIpc) is 3.09. The number of aliphatic hydroxyl groups excluding tert-OH is 1. The van der Waals surface area contributed by atoms with Gasteiger partial charge in [-0.05, 0) is 35.8 Å². The molecule has 0 aliphatic carbocycles. The number of rotatable bonds is 5. The van der Waals surface area contributed by atoms with Crippen molar-refractivity contribution in [2.24, 2.45) is 0 Å². The molecule has 0 atom stereocenters. The fourth-order valence-corrected chi connectivity index (χ4v) is 3.35. The first kappa shape index (κ1) is 20.2. The van der Waals surface area contributed by atoms with Crippen molar-refractivity contribution in [1.82, 2.24) is 4.37 Å². The van der Waals surface area contributed by atoms with Crippen molar-refractivity contribution in [2.75, 3.05) is 6.61 Å². The summed E-state index contributed by atoms with van der Waals surface area (Å²) in [6.45, 7) is -1.46. The summed E-state index contributed by atoms with van der Waals surface area (Å²) in [5, 5.41) is 9.20. The van der Waals surface area contributed by atoms with Crippen LogP contribution in [0, 0.1) is 23.5 Å². The van der Waals surface area contributed by atoms with Crippen molar-refractivity contribution >= 4 is 23.1 Å². The van der Waals surface area contributed by atoms with E-state index in [1.54, 1.807) is 24.3 Å². The number of ether oxygens (including phenoxy) is 1. The Balaban J connectivity index is 1.89. The summed E-state index contributed by atoms with van der Waals surface area (Å²) in [4.78, 5) is 0.316. The molecular weight excluding hydrogens is 411 g/mol. The number of aromatic nitrogens is 1. The Morgan fingerprint density at radius 2 is 1.82 bits per heavy atom. The van der Waals surface area contributed by atoms with E-state index in [0.717, 1.165) is 23.7 Å². The number of alkyl halides is 1. The fourth-order valence-electron chi connectivity index (χ4n) is 2.49. The predicted octanol–water partition coefficient (Wildman–Crippen LogP) is 5.13. The van der Waals surface area contributed by atoms with Crippen LogP contribution in [0.15, 0.2) is 36.4 Å². The third kappa shape index (κ3) is 4.47. The Hall–Kier alpha value is -2.53. The highest BCUT2D eigenvalue weighted by molar-refractivity contribution is 7.06. The molecule has 0 bridgehead atoms. The van der Waals surface area contributed by atoms with Gasteiger partial charge in [-0.2, -0.15) is 4.37 Å². The normalized spacial score (nSPS) is 10.5. The van der Waals surface area contributed by atoms with Gasteiger partial charge in [0.05, 0.1) is 10.6 Å². The summed E-state index contributed by atoms with van der Waals surface area (Å²) in [7, 11) is 0. The van der Waals surface area contributed by atoms with Crippen LogP contribution >= 0.6 is 23.1 Å². The van der Waals surface area contributed by atoms with E-state index in [0.29, 0.717) is 26.7 Å². The van der Waals surface area contributed by atoms with E-state index in [9.17, 15) is 13.2 Å². The first-order chi connectivity index (χ1) is 13.5. The Bertz CT molecular complexity index is 1020. The van der Waals surface area contributed by atoms with Gasteiger partial charge < -0.3 is 9.84 Å². The first-order valence-corrected chi connectivity index (χ1v) is 9.19. The molecule has 1 N–H and O–H groups in total. The molecule has 0 spiro atoms. The van der Waals surface area contributed by atoms with Crippen LogP contribution in [0.5, 0.6) is 5.75 Å². The van der Waals surface area contributed by atoms with Crippen molar-refractivity contribution in [3.63, 3.8) is 0 Å². The molecule has 28 heavy (non-hydrogen) atoms. The lowest BCUT2D eigenvalue weighted by Crippen LogP contribution is -2.03. The van der Waals surface area contributed by atoms with Gasteiger partial charge in [-0.25, -0.2) is 13.2 Å². The molecule has 1 heterocycles. The van der Waals surface area contributed by atoms with Gasteiger partial charge in [0.2, 0.25) is 0 Å². The monoisotopic (exact) mass is 423 g/mol. The van der Waals surface area contributed by atoms with Crippen molar-refractivity contribution in [3.05, 3.63) is 69.1 Å². The third-order valence-electron chi connectivity index (χ3n) is 3.78. The molecule has 2 aromatic carbocycles. The van der Waals surface area contributed by atoms with Crippen LogP contribution < -0.4 is 4.74 Å². The Morgan fingerprint density at radius 3 is 2.43 bits per heavy atom. The number of hydrogen-bond donors (Lipinski definition) is 1. The van der Waals surface area contributed by atoms with Crippen molar-refractivity contribution in [2.45, 2.75) is 13.3 Å². The van der Waals surface area contributed by atoms with Crippen LogP contribution in [0.2, 0.25) is 5.02 Å². The second-order valence-corrected chi connectivity index (χ2v) is 6.89. The fraction of sp³-hybridized carbons (Fsp3) is 0.150. The zero-order chi connectivity index (χ0) is 20.1. The van der Waals surface area contributed by atoms with E-state index < -0.39 is 30.7 Å². The molecule has 0 saturated carbocycles. The molecule has 0 unspecified atom stereocenters. The highest BCUT2D eigenvalue weighted by atomic mass is 35.5. The predicted molar refractivity (Wildman–Crippen MR) is 102 cm³/mol. The van der Waals surface area contributed by atoms with Crippen molar-refractivity contribution in [1.29, 1.82) is 0 Å². The van der Waals surface area contributed by atoms with E-state index >= 15 is 0 Å². The van der Waals surface area contributed by atoms with Gasteiger partial charge >= 0.3 is 0 Å². The maximum absolute atomic E-state index is 14.2. The first-order valence-electron chi connectivity index (χ1n) is 8.04. The molecule has 3 rings (SSSR count). The maximum atomic E-state index is 14.2. The Kier molecular flexibility index (Phi) is 6.57. The van der Waals surface area contributed by atoms with Crippen molar-refractivity contribution in [3.8, 4) is 28.8 Å². The molecule has 0 saturated heterocycles. The Morgan fingerprint density at radius 1 is 1.14 bits per heavy atom. The van der Waals surface area contributed by atoms with Crippen LogP contribution in [-0.4, -0.2) is 16.1 Å².